The lowest BCUT2D eigenvalue weighted by molar-refractivity contribution is -0.155. The highest BCUT2D eigenvalue weighted by Gasteiger charge is 2.28. The minimum Gasteiger partial charge on any atom is -0.428 e. The molecule has 1 saturated carbocycles. The number of hydrogen-bond acceptors (Lipinski definition) is 6. The minimum absolute atomic E-state index is 0.161. The Hall–Kier alpha value is -1.40. The average Bonchev–Trinajstić information content (AvgIpc) is 2.52. The third-order valence-corrected chi connectivity index (χ3v) is 5.92. The highest BCUT2D eigenvalue weighted by molar-refractivity contribution is 7.59. The molecule has 0 spiro atoms. The van der Waals surface area contributed by atoms with Gasteiger partial charge >= 0.3 is 12.1 Å². The van der Waals surface area contributed by atoms with E-state index in [0.29, 0.717) is 0 Å². The van der Waals surface area contributed by atoms with Crippen LogP contribution in [0.5, 0.6) is 0 Å². The van der Waals surface area contributed by atoms with Crippen molar-refractivity contribution in [3.05, 3.63) is 0 Å². The Labute approximate surface area is 148 Å². The van der Waals surface area contributed by atoms with Gasteiger partial charge in [0.15, 0.2) is 5.78 Å². The van der Waals surface area contributed by atoms with E-state index < -0.39 is 44.7 Å². The van der Waals surface area contributed by atoms with Crippen molar-refractivity contribution in [3.8, 4) is 0 Å². The maximum atomic E-state index is 12.2. The maximum absolute atomic E-state index is 12.2. The first-order valence-electron chi connectivity index (χ1n) is 8.59. The number of amides is 1. The maximum Gasteiger partial charge on any atom is 0.410 e. The Bertz CT molecular complexity index is 515. The van der Waals surface area contributed by atoms with E-state index in [-0.39, 0.29) is 18.0 Å². The molecule has 0 aromatic rings. The second kappa shape index (κ2) is 10.6. The summed E-state index contributed by atoms with van der Waals surface area (Å²) in [6, 6.07) is 0. The number of alkyl carbamates (subject to hydrolysis) is 1. The molecule has 2 N–H and O–H groups in total. The van der Waals surface area contributed by atoms with Gasteiger partial charge in [-0.1, -0.05) is 33.1 Å². The number of carbonyl (C=O) groups is 3. The van der Waals surface area contributed by atoms with Gasteiger partial charge in [-0.2, -0.15) is 0 Å². The van der Waals surface area contributed by atoms with E-state index in [0.717, 1.165) is 32.1 Å². The van der Waals surface area contributed by atoms with Gasteiger partial charge in [0.1, 0.15) is 0 Å². The van der Waals surface area contributed by atoms with Gasteiger partial charge in [-0.05, 0) is 18.8 Å². The van der Waals surface area contributed by atoms with Crippen LogP contribution in [0.15, 0.2) is 0 Å². The van der Waals surface area contributed by atoms with Crippen molar-refractivity contribution in [1.82, 2.24) is 5.32 Å². The number of nitrogens with one attached hydrogen (secondary N) is 1. The quantitative estimate of drug-likeness (QED) is 0.359. The predicted octanol–water partition coefficient (Wildman–Crippen LogP) is 2.29. The summed E-state index contributed by atoms with van der Waals surface area (Å²) in [5.41, 5.74) is 0. The normalized spacial score (nSPS) is 17.6. The molecule has 1 aliphatic carbocycles. The Morgan fingerprint density at radius 3 is 2.40 bits per heavy atom. The molecule has 144 valence electrons. The Morgan fingerprint density at radius 2 is 1.80 bits per heavy atom. The van der Waals surface area contributed by atoms with Crippen molar-refractivity contribution in [2.45, 2.75) is 46.0 Å². The second-order valence-electron chi connectivity index (χ2n) is 6.75. The summed E-state index contributed by atoms with van der Waals surface area (Å²) in [5, 5.41) is 2.18. The summed E-state index contributed by atoms with van der Waals surface area (Å²) in [4.78, 5) is 44.3. The Kier molecular flexibility index (Phi) is 9.14. The number of ketones is 1. The van der Waals surface area contributed by atoms with Gasteiger partial charge in [0, 0.05) is 6.16 Å². The van der Waals surface area contributed by atoms with Crippen LogP contribution >= 0.6 is 7.37 Å². The van der Waals surface area contributed by atoms with E-state index in [9.17, 15) is 23.8 Å². The van der Waals surface area contributed by atoms with Gasteiger partial charge < -0.3 is 19.7 Å². The van der Waals surface area contributed by atoms with Crippen LogP contribution in [0.1, 0.15) is 46.0 Å². The number of esters is 1. The van der Waals surface area contributed by atoms with Gasteiger partial charge in [0.2, 0.25) is 14.2 Å². The third kappa shape index (κ3) is 9.60. The first-order chi connectivity index (χ1) is 11.7. The summed E-state index contributed by atoms with van der Waals surface area (Å²) in [7, 11) is -3.53. The van der Waals surface area contributed by atoms with Gasteiger partial charge in [0.05, 0.1) is 18.6 Å². The molecule has 8 nitrogen and oxygen atoms in total. The Balaban J connectivity index is 2.23. The predicted molar refractivity (Wildman–Crippen MR) is 91.4 cm³/mol. The van der Waals surface area contributed by atoms with Crippen molar-refractivity contribution >= 4 is 25.2 Å². The fourth-order valence-corrected chi connectivity index (χ4v) is 4.66. The van der Waals surface area contributed by atoms with Crippen LogP contribution in [0.2, 0.25) is 0 Å². The SMILES string of the molecule is CC(C)C(=O)OCOC(=O)NCC(=O)CP(=O)(O)CC1CCCCC1. The zero-order valence-corrected chi connectivity index (χ0v) is 15.8. The molecular formula is C16H28NO7P. The Morgan fingerprint density at radius 1 is 1.16 bits per heavy atom. The molecule has 0 saturated heterocycles. The van der Waals surface area contributed by atoms with E-state index >= 15 is 0 Å². The van der Waals surface area contributed by atoms with Crippen LogP contribution in [0.3, 0.4) is 0 Å². The molecule has 0 bridgehead atoms. The summed E-state index contributed by atoms with van der Waals surface area (Å²) in [6.07, 6.45) is 3.92. The molecule has 1 rings (SSSR count). The molecule has 9 heteroatoms. The molecular weight excluding hydrogens is 349 g/mol. The van der Waals surface area contributed by atoms with Crippen LogP contribution in [-0.4, -0.2) is 48.4 Å². The molecule has 1 amide bonds. The van der Waals surface area contributed by atoms with Crippen LogP contribution in [0.25, 0.3) is 0 Å². The summed E-state index contributed by atoms with van der Waals surface area (Å²) >= 11 is 0. The third-order valence-electron chi connectivity index (χ3n) is 3.98. The van der Waals surface area contributed by atoms with Crippen molar-refractivity contribution in [3.63, 3.8) is 0 Å². The lowest BCUT2D eigenvalue weighted by Crippen LogP contribution is -2.32. The summed E-state index contributed by atoms with van der Waals surface area (Å²) in [5.74, 6) is -1.17. The number of hydrogen-bond donors (Lipinski definition) is 2. The molecule has 1 fully saturated rings. The highest BCUT2D eigenvalue weighted by atomic mass is 31.2. The molecule has 0 radical (unpaired) electrons. The number of carbonyl (C=O) groups excluding carboxylic acids is 3. The largest absolute Gasteiger partial charge is 0.428 e. The molecule has 1 aliphatic rings. The molecule has 0 aromatic heterocycles. The number of ether oxygens (including phenoxy) is 2. The van der Waals surface area contributed by atoms with Crippen LogP contribution in [0, 0.1) is 11.8 Å². The molecule has 0 aliphatic heterocycles. The number of rotatable bonds is 9. The number of Topliss-reactive ketones (excluding diaryl/α,β-unsaturated/α-hetero) is 1. The molecule has 0 aromatic carbocycles. The lowest BCUT2D eigenvalue weighted by atomic mass is 9.91. The minimum atomic E-state index is -3.53. The topological polar surface area (TPSA) is 119 Å². The smallest absolute Gasteiger partial charge is 0.410 e. The fraction of sp³-hybridized carbons (Fsp3) is 0.812. The zero-order chi connectivity index (χ0) is 18.9. The van der Waals surface area contributed by atoms with Gasteiger partial charge in [-0.25, -0.2) is 4.79 Å². The van der Waals surface area contributed by atoms with Crippen molar-refractivity contribution < 1.29 is 33.3 Å². The van der Waals surface area contributed by atoms with Gasteiger partial charge in [-0.3, -0.25) is 14.2 Å². The summed E-state index contributed by atoms with van der Waals surface area (Å²) in [6.45, 7) is 2.34. The van der Waals surface area contributed by atoms with Crippen molar-refractivity contribution in [2.75, 3.05) is 25.7 Å². The molecule has 25 heavy (non-hydrogen) atoms. The van der Waals surface area contributed by atoms with E-state index in [1.165, 1.54) is 0 Å². The van der Waals surface area contributed by atoms with E-state index in [4.69, 9.17) is 0 Å². The summed E-state index contributed by atoms with van der Waals surface area (Å²) < 4.78 is 21.4. The first kappa shape index (κ1) is 21.6. The lowest BCUT2D eigenvalue weighted by Gasteiger charge is -2.23. The standard InChI is InChI=1S/C16H28NO7P/c1-12(2)15(19)23-11-24-16(20)17-8-14(18)10-25(21,22)9-13-6-4-3-5-7-13/h12-13H,3-11H2,1-2H3,(H,17,20)(H,21,22). The van der Waals surface area contributed by atoms with E-state index in [1.54, 1.807) is 13.8 Å². The second-order valence-corrected chi connectivity index (χ2v) is 9.12. The van der Waals surface area contributed by atoms with E-state index in [1.807, 2.05) is 0 Å². The molecule has 1 unspecified atom stereocenters. The van der Waals surface area contributed by atoms with Crippen LogP contribution < -0.4 is 5.32 Å². The first-order valence-corrected chi connectivity index (χ1v) is 10.6. The van der Waals surface area contributed by atoms with E-state index in [2.05, 4.69) is 14.8 Å². The van der Waals surface area contributed by atoms with Crippen LogP contribution in [0.4, 0.5) is 4.79 Å². The van der Waals surface area contributed by atoms with Gasteiger partial charge in [-0.15, -0.1) is 0 Å². The van der Waals surface area contributed by atoms with Crippen molar-refractivity contribution in [2.24, 2.45) is 11.8 Å². The van der Waals surface area contributed by atoms with Gasteiger partial charge in [0.25, 0.3) is 0 Å². The fourth-order valence-electron chi connectivity index (χ4n) is 2.70. The molecule has 1 atom stereocenters. The molecule has 0 heterocycles. The highest BCUT2D eigenvalue weighted by Crippen LogP contribution is 2.45. The van der Waals surface area contributed by atoms with Crippen LogP contribution in [-0.2, 0) is 23.6 Å². The zero-order valence-electron chi connectivity index (χ0n) is 14.9. The monoisotopic (exact) mass is 377 g/mol. The average molecular weight is 377 g/mol. The van der Waals surface area contributed by atoms with Crippen molar-refractivity contribution in [1.29, 1.82) is 0 Å².